The van der Waals surface area contributed by atoms with E-state index in [4.69, 9.17) is 11.6 Å². The summed E-state index contributed by atoms with van der Waals surface area (Å²) in [7, 11) is 0. The molecule has 0 unspecified atom stereocenters. The van der Waals surface area contributed by atoms with Crippen LogP contribution in [-0.4, -0.2) is 21.5 Å². The second kappa shape index (κ2) is 6.89. The fourth-order valence-corrected chi connectivity index (χ4v) is 3.45. The molecular weight excluding hydrogens is 384 g/mol. The predicted molar refractivity (Wildman–Crippen MR) is 95.9 cm³/mol. The lowest BCUT2D eigenvalue weighted by atomic mass is 10.1. The molecule has 0 saturated carbocycles. The van der Waals surface area contributed by atoms with Gasteiger partial charge in [-0.25, -0.2) is 9.97 Å². The van der Waals surface area contributed by atoms with Crippen LogP contribution in [0.5, 0.6) is 0 Å². The molecule has 1 aromatic carbocycles. The van der Waals surface area contributed by atoms with Gasteiger partial charge < -0.3 is 5.32 Å². The SMILES string of the molecule is Cc1nc2c(NCCCc3ccc(Br)cc3)nc(Cl)nc2s1. The number of aryl methyl sites for hydroxylation is 2. The van der Waals surface area contributed by atoms with Crippen molar-refractivity contribution in [3.8, 4) is 0 Å². The normalized spacial score (nSPS) is 11.0. The Morgan fingerprint density at radius 3 is 2.73 bits per heavy atom. The number of benzene rings is 1. The van der Waals surface area contributed by atoms with Crippen molar-refractivity contribution in [2.75, 3.05) is 11.9 Å². The van der Waals surface area contributed by atoms with E-state index in [0.29, 0.717) is 0 Å². The van der Waals surface area contributed by atoms with Gasteiger partial charge in [-0.15, -0.1) is 0 Å². The molecule has 0 spiro atoms. The second-order valence-corrected chi connectivity index (χ2v) is 7.32. The maximum atomic E-state index is 5.97. The highest BCUT2D eigenvalue weighted by Crippen LogP contribution is 2.26. The van der Waals surface area contributed by atoms with Crippen LogP contribution in [0, 0.1) is 6.92 Å². The van der Waals surface area contributed by atoms with Crippen LogP contribution >= 0.6 is 38.9 Å². The van der Waals surface area contributed by atoms with E-state index in [-0.39, 0.29) is 5.28 Å². The first kappa shape index (κ1) is 15.6. The Hall–Kier alpha value is -1.24. The summed E-state index contributed by atoms with van der Waals surface area (Å²) in [6.07, 6.45) is 2.02. The number of hydrogen-bond donors (Lipinski definition) is 1. The summed E-state index contributed by atoms with van der Waals surface area (Å²) in [5, 5.41) is 4.54. The maximum Gasteiger partial charge on any atom is 0.225 e. The van der Waals surface area contributed by atoms with Crippen molar-refractivity contribution in [3.05, 3.63) is 44.6 Å². The summed E-state index contributed by atoms with van der Waals surface area (Å²) in [6, 6.07) is 8.39. The van der Waals surface area contributed by atoms with Gasteiger partial charge in [0.1, 0.15) is 5.52 Å². The minimum atomic E-state index is 0.256. The molecule has 0 saturated heterocycles. The largest absolute Gasteiger partial charge is 0.368 e. The van der Waals surface area contributed by atoms with Crippen LogP contribution < -0.4 is 5.32 Å². The van der Waals surface area contributed by atoms with E-state index >= 15 is 0 Å². The number of halogens is 2. The highest BCUT2D eigenvalue weighted by molar-refractivity contribution is 9.10. The fourth-order valence-electron chi connectivity index (χ4n) is 2.17. The standard InChI is InChI=1S/C15H14BrClN4S/c1-9-19-12-13(20-15(17)21-14(12)22-9)18-8-2-3-10-4-6-11(16)7-5-10/h4-7H,2-3,8H2,1H3,(H,18,20,21). The van der Waals surface area contributed by atoms with E-state index in [1.807, 2.05) is 6.92 Å². The van der Waals surface area contributed by atoms with Crippen molar-refractivity contribution < 1.29 is 0 Å². The highest BCUT2D eigenvalue weighted by atomic mass is 79.9. The fraction of sp³-hybridized carbons (Fsp3) is 0.267. The number of anilines is 1. The molecule has 114 valence electrons. The quantitative estimate of drug-likeness (QED) is 0.493. The minimum Gasteiger partial charge on any atom is -0.368 e. The van der Waals surface area contributed by atoms with Crippen molar-refractivity contribution in [2.45, 2.75) is 19.8 Å². The maximum absolute atomic E-state index is 5.97. The van der Waals surface area contributed by atoms with Crippen LogP contribution in [0.1, 0.15) is 17.0 Å². The molecule has 7 heteroatoms. The molecule has 1 N–H and O–H groups in total. The Balaban J connectivity index is 1.63. The molecule has 0 amide bonds. The van der Waals surface area contributed by atoms with Gasteiger partial charge in [-0.2, -0.15) is 4.98 Å². The van der Waals surface area contributed by atoms with Gasteiger partial charge in [0, 0.05) is 11.0 Å². The molecule has 0 bridgehead atoms. The molecule has 3 rings (SSSR count). The number of nitrogens with one attached hydrogen (secondary N) is 1. The number of aromatic nitrogens is 3. The van der Waals surface area contributed by atoms with Crippen molar-refractivity contribution >= 4 is 55.0 Å². The third kappa shape index (κ3) is 3.74. The lowest BCUT2D eigenvalue weighted by Crippen LogP contribution is -2.06. The molecule has 0 radical (unpaired) electrons. The van der Waals surface area contributed by atoms with E-state index in [9.17, 15) is 0 Å². The number of rotatable bonds is 5. The second-order valence-electron chi connectivity index (χ2n) is 4.88. The summed E-state index contributed by atoms with van der Waals surface area (Å²) in [5.41, 5.74) is 2.12. The average Bonchev–Trinajstić information content (AvgIpc) is 2.85. The summed E-state index contributed by atoms with van der Waals surface area (Å²) in [5.74, 6) is 0.718. The van der Waals surface area contributed by atoms with E-state index in [1.165, 1.54) is 16.9 Å². The smallest absolute Gasteiger partial charge is 0.225 e. The first-order valence-electron chi connectivity index (χ1n) is 6.91. The van der Waals surface area contributed by atoms with Gasteiger partial charge in [-0.3, -0.25) is 0 Å². The highest BCUT2D eigenvalue weighted by Gasteiger charge is 2.10. The predicted octanol–water partition coefficient (Wildman–Crippen LogP) is 4.86. The zero-order valence-electron chi connectivity index (χ0n) is 11.9. The van der Waals surface area contributed by atoms with Crippen molar-refractivity contribution in [3.63, 3.8) is 0 Å². The minimum absolute atomic E-state index is 0.256. The Labute approximate surface area is 146 Å². The molecule has 3 aromatic rings. The Morgan fingerprint density at radius 1 is 1.18 bits per heavy atom. The van der Waals surface area contributed by atoms with E-state index in [0.717, 1.165) is 45.0 Å². The van der Waals surface area contributed by atoms with Gasteiger partial charge in [0.2, 0.25) is 5.28 Å². The Kier molecular flexibility index (Phi) is 4.90. The molecule has 2 heterocycles. The first-order chi connectivity index (χ1) is 10.6. The number of fused-ring (bicyclic) bond motifs is 1. The topological polar surface area (TPSA) is 50.7 Å². The average molecular weight is 398 g/mol. The molecule has 2 aromatic heterocycles. The molecule has 4 nitrogen and oxygen atoms in total. The van der Waals surface area contributed by atoms with Crippen LogP contribution in [0.25, 0.3) is 10.3 Å². The summed E-state index contributed by atoms with van der Waals surface area (Å²) >= 11 is 10.9. The van der Waals surface area contributed by atoms with Crippen molar-refractivity contribution in [2.24, 2.45) is 0 Å². The molecule has 0 fully saturated rings. The lowest BCUT2D eigenvalue weighted by molar-refractivity contribution is 0.859. The van der Waals surface area contributed by atoms with Crippen LogP contribution in [0.15, 0.2) is 28.7 Å². The van der Waals surface area contributed by atoms with E-state index in [1.54, 1.807) is 0 Å². The number of hydrogen-bond acceptors (Lipinski definition) is 5. The summed E-state index contributed by atoms with van der Waals surface area (Å²) in [4.78, 5) is 13.8. The van der Waals surface area contributed by atoms with Gasteiger partial charge in [0.15, 0.2) is 10.6 Å². The van der Waals surface area contributed by atoms with Crippen LogP contribution in [0.3, 0.4) is 0 Å². The zero-order valence-corrected chi connectivity index (χ0v) is 15.1. The Bertz CT molecular complexity index is 788. The molecule has 0 aliphatic rings. The van der Waals surface area contributed by atoms with Gasteiger partial charge in [0.05, 0.1) is 5.01 Å². The Morgan fingerprint density at radius 2 is 1.95 bits per heavy atom. The lowest BCUT2D eigenvalue weighted by Gasteiger charge is -2.06. The van der Waals surface area contributed by atoms with E-state index < -0.39 is 0 Å². The molecule has 0 atom stereocenters. The van der Waals surface area contributed by atoms with Crippen LogP contribution in [0.2, 0.25) is 5.28 Å². The number of thiazole rings is 1. The summed E-state index contributed by atoms with van der Waals surface area (Å²) in [6.45, 7) is 2.77. The van der Waals surface area contributed by atoms with Crippen LogP contribution in [0.4, 0.5) is 5.82 Å². The molecule has 0 aliphatic carbocycles. The molecule has 22 heavy (non-hydrogen) atoms. The van der Waals surface area contributed by atoms with E-state index in [2.05, 4.69) is 60.5 Å². The summed E-state index contributed by atoms with van der Waals surface area (Å²) < 4.78 is 1.10. The van der Waals surface area contributed by atoms with Crippen LogP contribution in [-0.2, 0) is 6.42 Å². The van der Waals surface area contributed by atoms with Gasteiger partial charge in [-0.1, -0.05) is 39.4 Å². The van der Waals surface area contributed by atoms with Crippen molar-refractivity contribution in [1.29, 1.82) is 0 Å². The molecular formula is C15H14BrClN4S. The van der Waals surface area contributed by atoms with Gasteiger partial charge in [-0.05, 0) is 49.1 Å². The monoisotopic (exact) mass is 396 g/mol. The third-order valence-corrected chi connectivity index (χ3v) is 4.75. The first-order valence-corrected chi connectivity index (χ1v) is 8.89. The molecule has 0 aliphatic heterocycles. The number of nitrogens with zero attached hydrogens (tertiary/aromatic N) is 3. The zero-order chi connectivity index (χ0) is 15.5. The third-order valence-electron chi connectivity index (χ3n) is 3.19. The van der Waals surface area contributed by atoms with Gasteiger partial charge >= 0.3 is 0 Å². The van der Waals surface area contributed by atoms with Gasteiger partial charge in [0.25, 0.3) is 0 Å². The van der Waals surface area contributed by atoms with Crippen molar-refractivity contribution in [1.82, 2.24) is 15.0 Å².